The van der Waals surface area contributed by atoms with Gasteiger partial charge in [0.05, 0.1) is 12.4 Å². The van der Waals surface area contributed by atoms with E-state index in [1.807, 2.05) is 0 Å². The lowest BCUT2D eigenvalue weighted by molar-refractivity contribution is -0.138. The molecule has 1 rings (SSSR count). The Morgan fingerprint density at radius 1 is 1.13 bits per heavy atom. The predicted octanol–water partition coefficient (Wildman–Crippen LogP) is -3.04. The Labute approximate surface area is 179 Å². The molecule has 0 aliphatic rings. The molecule has 4 unspecified atom stereocenters. The molecule has 13 nitrogen and oxygen atoms in total. The van der Waals surface area contributed by atoms with Crippen LogP contribution in [-0.2, 0) is 25.6 Å². The Hall–Kier alpha value is -3.03. The molecule has 0 radical (unpaired) electrons. The maximum atomic E-state index is 12.9. The molecule has 0 saturated carbocycles. The van der Waals surface area contributed by atoms with Crippen LogP contribution < -0.4 is 27.4 Å². The number of aliphatic hydroxyl groups excluding tert-OH is 1. The summed E-state index contributed by atoms with van der Waals surface area (Å²) in [5.74, 6) is -3.32. The minimum atomic E-state index is -1.24. The first-order valence-corrected chi connectivity index (χ1v) is 9.86. The molecule has 3 amide bonds. The highest BCUT2D eigenvalue weighted by Crippen LogP contribution is 2.05. The average molecular weight is 441 g/mol. The smallest absolute Gasteiger partial charge is 0.322 e. The maximum Gasteiger partial charge on any atom is 0.322 e. The summed E-state index contributed by atoms with van der Waals surface area (Å²) >= 11 is 0. The normalized spacial score (nSPS) is 14.7. The van der Waals surface area contributed by atoms with Crippen molar-refractivity contribution >= 4 is 23.7 Å². The van der Waals surface area contributed by atoms with Crippen LogP contribution in [-0.4, -0.2) is 81.2 Å². The van der Waals surface area contributed by atoms with Crippen molar-refractivity contribution in [3.05, 3.63) is 18.2 Å². The lowest BCUT2D eigenvalue weighted by Crippen LogP contribution is -2.57. The number of imidazole rings is 1. The number of aliphatic hydroxyl groups is 1. The van der Waals surface area contributed by atoms with E-state index in [1.54, 1.807) is 0 Å². The van der Waals surface area contributed by atoms with Crippen molar-refractivity contribution in [2.24, 2.45) is 11.5 Å². The van der Waals surface area contributed by atoms with Gasteiger partial charge in [0.1, 0.15) is 24.7 Å². The quantitative estimate of drug-likeness (QED) is 0.137. The molecule has 0 fully saturated rings. The molecule has 1 aromatic heterocycles. The molecule has 1 heterocycles. The van der Waals surface area contributed by atoms with Gasteiger partial charge >= 0.3 is 5.97 Å². The van der Waals surface area contributed by atoms with Gasteiger partial charge in [0, 0.05) is 18.3 Å². The first-order chi connectivity index (χ1) is 14.6. The van der Waals surface area contributed by atoms with E-state index in [1.165, 1.54) is 19.4 Å². The number of carboxylic acids is 1. The fourth-order valence-corrected chi connectivity index (χ4v) is 2.63. The number of carbonyl (C=O) groups excluding carboxylic acids is 3. The molecule has 1 aromatic rings. The molecule has 0 aromatic carbocycles. The number of nitrogens with one attached hydrogen (secondary N) is 4. The molecule has 0 spiro atoms. The highest BCUT2D eigenvalue weighted by molar-refractivity contribution is 5.93. The van der Waals surface area contributed by atoms with E-state index < -0.39 is 54.5 Å². The van der Waals surface area contributed by atoms with Crippen molar-refractivity contribution in [2.45, 2.75) is 56.8 Å². The number of unbranched alkanes of at least 4 members (excludes halogenated alkanes) is 1. The Morgan fingerprint density at radius 3 is 2.35 bits per heavy atom. The highest BCUT2D eigenvalue weighted by atomic mass is 16.4. The van der Waals surface area contributed by atoms with E-state index in [0.29, 0.717) is 25.1 Å². The van der Waals surface area contributed by atoms with E-state index >= 15 is 0 Å². The fraction of sp³-hybridized carbons (Fsp3) is 0.611. The molecule has 13 heteroatoms. The Morgan fingerprint density at radius 2 is 1.81 bits per heavy atom. The van der Waals surface area contributed by atoms with Crippen molar-refractivity contribution in [3.63, 3.8) is 0 Å². The van der Waals surface area contributed by atoms with Crippen LogP contribution in [0.3, 0.4) is 0 Å². The monoisotopic (exact) mass is 441 g/mol. The predicted molar refractivity (Wildman–Crippen MR) is 109 cm³/mol. The fourth-order valence-electron chi connectivity index (χ4n) is 2.63. The first kappa shape index (κ1) is 26.0. The lowest BCUT2D eigenvalue weighted by Gasteiger charge is -2.24. The number of hydrogen-bond donors (Lipinski definition) is 8. The lowest BCUT2D eigenvalue weighted by atomic mass is 10.1. The number of amides is 3. The van der Waals surface area contributed by atoms with Gasteiger partial charge in [0.15, 0.2) is 0 Å². The van der Waals surface area contributed by atoms with Crippen LogP contribution in [0.15, 0.2) is 12.5 Å². The molecule has 0 saturated heterocycles. The molecule has 31 heavy (non-hydrogen) atoms. The van der Waals surface area contributed by atoms with E-state index in [-0.39, 0.29) is 12.8 Å². The van der Waals surface area contributed by atoms with Crippen LogP contribution in [0.1, 0.15) is 31.9 Å². The highest BCUT2D eigenvalue weighted by Gasteiger charge is 2.29. The number of nitrogens with two attached hydrogens (primary N) is 2. The van der Waals surface area contributed by atoms with Gasteiger partial charge in [-0.1, -0.05) is 0 Å². The zero-order valence-electron chi connectivity index (χ0n) is 17.3. The number of aromatic nitrogens is 2. The number of carboxylic acid groups (broad SMARTS) is 1. The van der Waals surface area contributed by atoms with Gasteiger partial charge in [-0.25, -0.2) is 4.98 Å². The number of aliphatic carboxylic acids is 1. The average Bonchev–Trinajstić information content (AvgIpc) is 3.23. The van der Waals surface area contributed by atoms with Gasteiger partial charge in [0.25, 0.3) is 0 Å². The van der Waals surface area contributed by atoms with Crippen molar-refractivity contribution in [3.8, 4) is 0 Å². The summed E-state index contributed by atoms with van der Waals surface area (Å²) in [6.07, 6.45) is 3.13. The van der Waals surface area contributed by atoms with Crippen molar-refractivity contribution in [1.29, 1.82) is 0 Å². The van der Waals surface area contributed by atoms with Gasteiger partial charge in [-0.2, -0.15) is 0 Å². The van der Waals surface area contributed by atoms with Crippen LogP contribution in [0.2, 0.25) is 0 Å². The van der Waals surface area contributed by atoms with Crippen LogP contribution in [0, 0.1) is 0 Å². The third-order valence-electron chi connectivity index (χ3n) is 4.43. The van der Waals surface area contributed by atoms with Gasteiger partial charge in [0.2, 0.25) is 17.7 Å². The largest absolute Gasteiger partial charge is 0.480 e. The molecule has 0 bridgehead atoms. The standard InChI is InChI=1S/C18H31N7O6/c1-10(26)15(20)18(31)24-12(4-2-3-5-19)17(30)25-13(6-11-7-21-9-23-11)16(29)22-8-14(27)28/h7,9-10,12-13,15,26H,2-6,8,19-20H2,1H3,(H,21,23)(H,22,29)(H,24,31)(H,25,30)(H,27,28). The summed E-state index contributed by atoms with van der Waals surface area (Å²) in [6, 6.07) is -3.38. The maximum absolute atomic E-state index is 12.9. The molecule has 0 aliphatic carbocycles. The number of rotatable bonds is 14. The van der Waals surface area contributed by atoms with Crippen molar-refractivity contribution < 1.29 is 29.4 Å². The van der Waals surface area contributed by atoms with E-state index in [0.717, 1.165) is 0 Å². The Bertz CT molecular complexity index is 725. The van der Waals surface area contributed by atoms with Gasteiger partial charge in [-0.05, 0) is 32.7 Å². The second-order valence-corrected chi connectivity index (χ2v) is 7.07. The second-order valence-electron chi connectivity index (χ2n) is 7.07. The number of H-pyrrole nitrogens is 1. The van der Waals surface area contributed by atoms with E-state index in [9.17, 15) is 24.3 Å². The Balaban J connectivity index is 2.93. The van der Waals surface area contributed by atoms with Gasteiger partial charge in [-0.3, -0.25) is 19.2 Å². The summed E-state index contributed by atoms with van der Waals surface area (Å²) in [7, 11) is 0. The van der Waals surface area contributed by atoms with Crippen LogP contribution >= 0.6 is 0 Å². The van der Waals surface area contributed by atoms with Crippen molar-refractivity contribution in [2.75, 3.05) is 13.1 Å². The van der Waals surface area contributed by atoms with Crippen LogP contribution in [0.5, 0.6) is 0 Å². The van der Waals surface area contributed by atoms with E-state index in [4.69, 9.17) is 16.6 Å². The molecule has 10 N–H and O–H groups in total. The van der Waals surface area contributed by atoms with Gasteiger partial charge < -0.3 is 42.6 Å². The van der Waals surface area contributed by atoms with Crippen LogP contribution in [0.4, 0.5) is 0 Å². The third kappa shape index (κ3) is 9.55. The van der Waals surface area contributed by atoms with Gasteiger partial charge in [-0.15, -0.1) is 0 Å². The first-order valence-electron chi connectivity index (χ1n) is 9.86. The molecule has 4 atom stereocenters. The number of carbonyl (C=O) groups is 4. The summed E-state index contributed by atoms with van der Waals surface area (Å²) < 4.78 is 0. The minimum absolute atomic E-state index is 0.0217. The third-order valence-corrected chi connectivity index (χ3v) is 4.43. The summed E-state index contributed by atoms with van der Waals surface area (Å²) in [6.45, 7) is 1.13. The molecular weight excluding hydrogens is 410 g/mol. The minimum Gasteiger partial charge on any atom is -0.480 e. The number of hydrogen-bond acceptors (Lipinski definition) is 8. The number of nitrogens with zero attached hydrogens (tertiary/aromatic N) is 1. The topological polar surface area (TPSA) is 226 Å². The van der Waals surface area contributed by atoms with Crippen molar-refractivity contribution in [1.82, 2.24) is 25.9 Å². The summed E-state index contributed by atoms with van der Waals surface area (Å²) in [5.41, 5.74) is 11.6. The van der Waals surface area contributed by atoms with E-state index in [2.05, 4.69) is 25.9 Å². The zero-order valence-corrected chi connectivity index (χ0v) is 17.3. The SMILES string of the molecule is CC(O)C(N)C(=O)NC(CCCCN)C(=O)NC(Cc1cnc[nH]1)C(=O)NCC(=O)O. The zero-order chi connectivity index (χ0) is 23.4. The molecular formula is C18H31N7O6. The summed E-state index contributed by atoms with van der Waals surface area (Å²) in [4.78, 5) is 54.9. The molecule has 174 valence electrons. The summed E-state index contributed by atoms with van der Waals surface area (Å²) in [5, 5.41) is 25.5. The van der Waals surface area contributed by atoms with Crippen LogP contribution in [0.25, 0.3) is 0 Å². The number of aromatic amines is 1. The molecule has 0 aliphatic heterocycles. The Kier molecular flexibility index (Phi) is 11.2. The second kappa shape index (κ2) is 13.3.